The van der Waals surface area contributed by atoms with Gasteiger partial charge in [-0.25, -0.2) is 4.68 Å². The van der Waals surface area contributed by atoms with Crippen LogP contribution in [-0.4, -0.2) is 26.4 Å². The molecule has 1 aromatic rings. The lowest BCUT2D eigenvalue weighted by atomic mass is 11.0. The van der Waals surface area contributed by atoms with Crippen LogP contribution in [0.3, 0.4) is 0 Å². The summed E-state index contributed by atoms with van der Waals surface area (Å²) in [6.07, 6.45) is 1.12. The van der Waals surface area contributed by atoms with Crippen LogP contribution in [0, 0.1) is 0 Å². The van der Waals surface area contributed by atoms with Crippen LogP contribution in [0.2, 0.25) is 0 Å². The third-order valence-corrected chi connectivity index (χ3v) is 2.05. The molecule has 9 heavy (non-hydrogen) atoms. The highest BCUT2D eigenvalue weighted by Crippen LogP contribution is 2.02. The molecule has 5 heteroatoms. The van der Waals surface area contributed by atoms with Gasteiger partial charge in [0.05, 0.1) is 0 Å². The molecule has 0 saturated carbocycles. The molecule has 0 aromatic carbocycles. The number of aromatic nitrogens is 4. The Bertz CT molecular complexity index is 184. The SMILES string of the molecule is CCPc1nnnn1C. The molecular weight excluding hydrogens is 135 g/mol. The lowest BCUT2D eigenvalue weighted by Crippen LogP contribution is -2.10. The summed E-state index contributed by atoms with van der Waals surface area (Å²) >= 11 is 0. The lowest BCUT2D eigenvalue weighted by molar-refractivity contribution is 0.721. The molecule has 0 bridgehead atoms. The Morgan fingerprint density at radius 2 is 2.44 bits per heavy atom. The van der Waals surface area contributed by atoms with E-state index in [0.717, 1.165) is 20.3 Å². The van der Waals surface area contributed by atoms with E-state index < -0.39 is 0 Å². The standard InChI is InChI=1S/C4H9N4P/c1-3-9-4-5-6-7-8(4)2/h9H,3H2,1-2H3. The zero-order valence-corrected chi connectivity index (χ0v) is 6.50. The largest absolute Gasteiger partial charge is 0.229 e. The Balaban J connectivity index is 2.69. The van der Waals surface area contributed by atoms with Gasteiger partial charge in [-0.3, -0.25) is 0 Å². The van der Waals surface area contributed by atoms with Crippen LogP contribution in [0.1, 0.15) is 6.92 Å². The number of rotatable bonds is 2. The molecule has 0 amide bonds. The number of hydrogen-bond acceptors (Lipinski definition) is 3. The Kier molecular flexibility index (Phi) is 2.11. The van der Waals surface area contributed by atoms with Crippen molar-refractivity contribution in [2.24, 2.45) is 7.05 Å². The quantitative estimate of drug-likeness (QED) is 0.527. The molecule has 1 unspecified atom stereocenters. The van der Waals surface area contributed by atoms with Gasteiger partial charge in [0.2, 0.25) is 0 Å². The highest BCUT2D eigenvalue weighted by molar-refractivity contribution is 7.46. The van der Waals surface area contributed by atoms with E-state index in [9.17, 15) is 0 Å². The Morgan fingerprint density at radius 1 is 1.67 bits per heavy atom. The maximum absolute atomic E-state index is 3.82. The van der Waals surface area contributed by atoms with Crippen molar-refractivity contribution < 1.29 is 0 Å². The van der Waals surface area contributed by atoms with Crippen LogP contribution in [0.25, 0.3) is 0 Å². The maximum Gasteiger partial charge on any atom is 0.169 e. The first-order chi connectivity index (χ1) is 4.34. The number of aryl methyl sites for hydroxylation is 1. The van der Waals surface area contributed by atoms with Crippen molar-refractivity contribution in [2.45, 2.75) is 6.92 Å². The van der Waals surface area contributed by atoms with E-state index in [1.165, 1.54) is 0 Å². The summed E-state index contributed by atoms with van der Waals surface area (Å²) in [6.45, 7) is 2.12. The molecule has 4 nitrogen and oxygen atoms in total. The monoisotopic (exact) mass is 144 g/mol. The van der Waals surface area contributed by atoms with Crippen LogP contribution >= 0.6 is 8.58 Å². The zero-order chi connectivity index (χ0) is 6.69. The molecule has 0 spiro atoms. The molecule has 0 aliphatic carbocycles. The smallest absolute Gasteiger partial charge is 0.169 e. The van der Waals surface area contributed by atoms with Crippen LogP contribution in [-0.2, 0) is 7.05 Å². The van der Waals surface area contributed by atoms with Crippen molar-refractivity contribution >= 4 is 14.1 Å². The Hall–Kier alpha value is -0.500. The van der Waals surface area contributed by atoms with E-state index in [2.05, 4.69) is 22.4 Å². The summed E-state index contributed by atoms with van der Waals surface area (Å²) in [6, 6.07) is 0. The number of hydrogen-bond donors (Lipinski definition) is 0. The van der Waals surface area contributed by atoms with Crippen molar-refractivity contribution in [3.05, 3.63) is 0 Å². The second kappa shape index (κ2) is 2.87. The summed E-state index contributed by atoms with van der Waals surface area (Å²) in [5, 5.41) is 11.0. The Labute approximate surface area is 55.4 Å². The van der Waals surface area contributed by atoms with E-state index in [-0.39, 0.29) is 0 Å². The first-order valence-corrected chi connectivity index (χ1v) is 4.01. The van der Waals surface area contributed by atoms with Crippen LogP contribution in [0.15, 0.2) is 0 Å². The van der Waals surface area contributed by atoms with Crippen molar-refractivity contribution in [3.63, 3.8) is 0 Å². The second-order valence-corrected chi connectivity index (χ2v) is 3.16. The van der Waals surface area contributed by atoms with Gasteiger partial charge in [-0.15, -0.1) is 5.10 Å². The molecule has 0 saturated heterocycles. The van der Waals surface area contributed by atoms with Crippen molar-refractivity contribution in [2.75, 3.05) is 6.16 Å². The van der Waals surface area contributed by atoms with Gasteiger partial charge >= 0.3 is 0 Å². The summed E-state index contributed by atoms with van der Waals surface area (Å²) in [5.74, 6) is 0. The molecule has 0 radical (unpaired) electrons. The van der Waals surface area contributed by atoms with Gasteiger partial charge in [0.25, 0.3) is 0 Å². The maximum atomic E-state index is 3.82. The highest BCUT2D eigenvalue weighted by Gasteiger charge is 1.96. The molecule has 1 heterocycles. The molecular formula is C4H9N4P. The van der Waals surface area contributed by atoms with Gasteiger partial charge in [-0.05, 0) is 25.2 Å². The van der Waals surface area contributed by atoms with E-state index in [4.69, 9.17) is 0 Å². The third kappa shape index (κ3) is 1.45. The number of nitrogens with zero attached hydrogens (tertiary/aromatic N) is 4. The normalized spacial score (nSPS) is 11.3. The molecule has 1 atom stereocenters. The summed E-state index contributed by atoms with van der Waals surface area (Å²) < 4.78 is 1.71. The fourth-order valence-electron chi connectivity index (χ4n) is 0.537. The fraction of sp³-hybridized carbons (Fsp3) is 0.750. The molecule has 0 N–H and O–H groups in total. The first-order valence-electron chi connectivity index (χ1n) is 2.81. The van der Waals surface area contributed by atoms with Gasteiger partial charge in [-0.2, -0.15) is 0 Å². The number of tetrazole rings is 1. The topological polar surface area (TPSA) is 43.6 Å². The summed E-state index contributed by atoms with van der Waals surface area (Å²) in [5.41, 5.74) is 0.984. The van der Waals surface area contributed by atoms with Crippen LogP contribution in [0.5, 0.6) is 0 Å². The van der Waals surface area contributed by atoms with Gasteiger partial charge < -0.3 is 0 Å². The van der Waals surface area contributed by atoms with Crippen molar-refractivity contribution in [1.29, 1.82) is 0 Å². The van der Waals surface area contributed by atoms with E-state index in [0.29, 0.717) is 0 Å². The zero-order valence-electron chi connectivity index (χ0n) is 5.50. The summed E-state index contributed by atoms with van der Waals surface area (Å²) in [4.78, 5) is 0. The highest BCUT2D eigenvalue weighted by atomic mass is 31.1. The average Bonchev–Trinajstić information content (AvgIpc) is 2.18. The van der Waals surface area contributed by atoms with Gasteiger partial charge in [0.1, 0.15) is 0 Å². The molecule has 0 fully saturated rings. The van der Waals surface area contributed by atoms with E-state index in [1.807, 2.05) is 7.05 Å². The predicted octanol–water partition coefficient (Wildman–Crippen LogP) is -0.466. The third-order valence-electron chi connectivity index (χ3n) is 0.955. The molecule has 1 aromatic heterocycles. The predicted molar refractivity (Wildman–Crippen MR) is 37.3 cm³/mol. The molecule has 0 aliphatic heterocycles. The van der Waals surface area contributed by atoms with Gasteiger partial charge in [0, 0.05) is 7.05 Å². The minimum absolute atomic E-state index is 0.737. The lowest BCUT2D eigenvalue weighted by Gasteiger charge is -1.91. The molecule has 0 aliphatic rings. The second-order valence-electron chi connectivity index (χ2n) is 1.66. The van der Waals surface area contributed by atoms with Gasteiger partial charge in [-0.1, -0.05) is 6.92 Å². The fourth-order valence-corrected chi connectivity index (χ4v) is 1.24. The molecule has 1 rings (SSSR count). The van der Waals surface area contributed by atoms with Crippen LogP contribution < -0.4 is 5.57 Å². The van der Waals surface area contributed by atoms with E-state index >= 15 is 0 Å². The average molecular weight is 144 g/mol. The minimum atomic E-state index is 0.737. The van der Waals surface area contributed by atoms with Gasteiger partial charge in [0.15, 0.2) is 5.57 Å². The molecule has 50 valence electrons. The van der Waals surface area contributed by atoms with E-state index in [1.54, 1.807) is 4.68 Å². The van der Waals surface area contributed by atoms with Crippen molar-refractivity contribution in [1.82, 2.24) is 20.2 Å². The minimum Gasteiger partial charge on any atom is -0.229 e. The summed E-state index contributed by atoms with van der Waals surface area (Å²) in [7, 11) is 2.60. The first kappa shape index (κ1) is 6.62. The van der Waals surface area contributed by atoms with Crippen LogP contribution in [0.4, 0.5) is 0 Å². The van der Waals surface area contributed by atoms with Crippen molar-refractivity contribution in [3.8, 4) is 0 Å². The Morgan fingerprint density at radius 3 is 2.89 bits per heavy atom.